The van der Waals surface area contributed by atoms with E-state index >= 15 is 0 Å². The molecule has 0 aliphatic heterocycles. The second-order valence-electron chi connectivity index (χ2n) is 10.7. The van der Waals surface area contributed by atoms with Crippen LogP contribution in [0, 0.1) is 28.1 Å². The van der Waals surface area contributed by atoms with Crippen LogP contribution in [0.4, 0.5) is 0 Å². The largest absolute Gasteiger partial charge is 0.481 e. The Morgan fingerprint density at radius 2 is 1.72 bits per heavy atom. The molecule has 3 aliphatic rings. The molecular weight excluding hydrogens is 404 g/mol. The minimum Gasteiger partial charge on any atom is -0.481 e. The molecule has 0 heterocycles. The zero-order chi connectivity index (χ0) is 23.9. The number of carbonyl (C=O) groups is 3. The van der Waals surface area contributed by atoms with Gasteiger partial charge in [0.25, 0.3) is 0 Å². The zero-order valence-corrected chi connectivity index (χ0v) is 19.9. The third-order valence-corrected chi connectivity index (χ3v) is 8.92. The van der Waals surface area contributed by atoms with Crippen molar-refractivity contribution in [2.45, 2.75) is 72.8 Å². The SMILES string of the molecule is CC(/C=C/C=C(C)/C=C/C=O)=C1/C(=O)C[C@H]2[C@@]3(C)CC[C@H](O)[C@](C)(C(=O)O)[C@@H]3CC[C@]12C. The van der Waals surface area contributed by atoms with Gasteiger partial charge >= 0.3 is 5.97 Å². The number of fused-ring (bicyclic) bond motifs is 3. The van der Waals surface area contributed by atoms with Gasteiger partial charge in [-0.2, -0.15) is 0 Å². The van der Waals surface area contributed by atoms with E-state index < -0.39 is 17.5 Å². The number of carboxylic acid groups (broad SMARTS) is 1. The van der Waals surface area contributed by atoms with Gasteiger partial charge in [0.2, 0.25) is 0 Å². The first kappa shape index (κ1) is 24.4. The van der Waals surface area contributed by atoms with Crippen LogP contribution in [0.3, 0.4) is 0 Å². The standard InChI is InChI=1S/C27H36O5/c1-17(9-7-15-28)8-6-10-18(2)23-19(29)16-21-25(3)14-12-22(30)27(5,24(31)32)20(25)11-13-26(21,23)4/h6-10,15,20-22,30H,11-14,16H2,1-5H3,(H,31,32)/b9-7+,10-6+,17-8+,23-18+/t20-,21+,22+,25+,26+,27-/m1/s1. The molecule has 0 radical (unpaired) electrons. The molecule has 0 spiro atoms. The van der Waals surface area contributed by atoms with Gasteiger partial charge in [-0.25, -0.2) is 0 Å². The van der Waals surface area contributed by atoms with E-state index in [0.717, 1.165) is 35.8 Å². The summed E-state index contributed by atoms with van der Waals surface area (Å²) in [6.07, 6.45) is 11.9. The second kappa shape index (κ2) is 8.58. The second-order valence-corrected chi connectivity index (χ2v) is 10.7. The fourth-order valence-electron chi connectivity index (χ4n) is 7.23. The number of aliphatic hydroxyl groups is 1. The summed E-state index contributed by atoms with van der Waals surface area (Å²) in [7, 11) is 0. The Kier molecular flexibility index (Phi) is 6.54. The van der Waals surface area contributed by atoms with Crippen LogP contribution >= 0.6 is 0 Å². The Hall–Kier alpha value is -2.27. The molecule has 6 atom stereocenters. The first-order valence-corrected chi connectivity index (χ1v) is 11.6. The first-order valence-electron chi connectivity index (χ1n) is 11.6. The maximum absolute atomic E-state index is 13.3. The van der Waals surface area contributed by atoms with Gasteiger partial charge in [-0.1, -0.05) is 43.7 Å². The number of aldehydes is 1. The van der Waals surface area contributed by atoms with E-state index in [1.54, 1.807) is 13.0 Å². The number of hydrogen-bond donors (Lipinski definition) is 2. The number of hydrogen-bond acceptors (Lipinski definition) is 4. The van der Waals surface area contributed by atoms with Gasteiger partial charge < -0.3 is 10.2 Å². The molecular formula is C27H36O5. The van der Waals surface area contributed by atoms with Crippen molar-refractivity contribution in [1.29, 1.82) is 0 Å². The van der Waals surface area contributed by atoms with E-state index in [1.807, 2.05) is 32.1 Å². The van der Waals surface area contributed by atoms with Crippen LogP contribution in [0.5, 0.6) is 0 Å². The number of ketones is 1. The van der Waals surface area contributed by atoms with Gasteiger partial charge in [-0.3, -0.25) is 14.4 Å². The number of carbonyl (C=O) groups excluding carboxylic acids is 2. The van der Waals surface area contributed by atoms with Crippen LogP contribution in [0.15, 0.2) is 47.1 Å². The lowest BCUT2D eigenvalue weighted by Gasteiger charge is -2.61. The van der Waals surface area contributed by atoms with Crippen LogP contribution in [0.25, 0.3) is 0 Å². The monoisotopic (exact) mass is 440 g/mol. The minimum atomic E-state index is -1.18. The Labute approximate surface area is 191 Å². The predicted molar refractivity (Wildman–Crippen MR) is 124 cm³/mol. The Balaban J connectivity index is 1.98. The molecule has 3 rings (SSSR count). The van der Waals surface area contributed by atoms with E-state index in [9.17, 15) is 24.6 Å². The molecule has 3 fully saturated rings. The molecule has 0 amide bonds. The van der Waals surface area contributed by atoms with Crippen molar-refractivity contribution < 1.29 is 24.6 Å². The van der Waals surface area contributed by atoms with E-state index in [0.29, 0.717) is 19.3 Å². The topological polar surface area (TPSA) is 91.7 Å². The van der Waals surface area contributed by atoms with Crippen LogP contribution in [-0.4, -0.2) is 34.4 Å². The highest BCUT2D eigenvalue weighted by Crippen LogP contribution is 2.69. The van der Waals surface area contributed by atoms with Crippen LogP contribution < -0.4 is 0 Å². The molecule has 174 valence electrons. The molecule has 32 heavy (non-hydrogen) atoms. The number of aliphatic hydroxyl groups excluding tert-OH is 1. The molecule has 0 bridgehead atoms. The Bertz CT molecular complexity index is 938. The predicted octanol–water partition coefficient (Wildman–Crippen LogP) is 4.82. The van der Waals surface area contributed by atoms with Crippen molar-refractivity contribution in [3.8, 4) is 0 Å². The molecule has 3 aliphatic carbocycles. The van der Waals surface area contributed by atoms with E-state index in [-0.39, 0.29) is 28.4 Å². The number of aliphatic carboxylic acids is 1. The van der Waals surface area contributed by atoms with Crippen LogP contribution in [0.2, 0.25) is 0 Å². The molecule has 0 unspecified atom stereocenters. The molecule has 0 aromatic rings. The van der Waals surface area contributed by atoms with E-state index in [1.165, 1.54) is 6.08 Å². The third-order valence-electron chi connectivity index (χ3n) is 8.92. The van der Waals surface area contributed by atoms with Crippen molar-refractivity contribution >= 4 is 18.0 Å². The highest BCUT2D eigenvalue weighted by atomic mass is 16.4. The molecule has 5 heteroatoms. The smallest absolute Gasteiger partial charge is 0.312 e. The molecule has 5 nitrogen and oxygen atoms in total. The quantitative estimate of drug-likeness (QED) is 0.363. The fraction of sp³-hybridized carbons (Fsp3) is 0.593. The van der Waals surface area contributed by atoms with E-state index in [4.69, 9.17) is 0 Å². The third kappa shape index (κ3) is 3.64. The molecule has 2 N–H and O–H groups in total. The summed E-state index contributed by atoms with van der Waals surface area (Å²) in [6, 6.07) is 0. The van der Waals surface area contributed by atoms with Crippen molar-refractivity contribution in [1.82, 2.24) is 0 Å². The number of allylic oxidation sites excluding steroid dienone is 8. The summed E-state index contributed by atoms with van der Waals surface area (Å²) in [5, 5.41) is 20.7. The lowest BCUT2D eigenvalue weighted by atomic mass is 9.43. The number of carboxylic acids is 1. The van der Waals surface area contributed by atoms with Gasteiger partial charge in [0.05, 0.1) is 11.5 Å². The van der Waals surface area contributed by atoms with Crippen LogP contribution in [0.1, 0.15) is 66.7 Å². The van der Waals surface area contributed by atoms with Gasteiger partial charge in [-0.15, -0.1) is 0 Å². The summed E-state index contributed by atoms with van der Waals surface area (Å²) >= 11 is 0. The summed E-state index contributed by atoms with van der Waals surface area (Å²) in [4.78, 5) is 36.0. The fourth-order valence-corrected chi connectivity index (χ4v) is 7.23. The lowest BCUT2D eigenvalue weighted by Crippen LogP contribution is -2.61. The zero-order valence-electron chi connectivity index (χ0n) is 19.9. The maximum atomic E-state index is 13.3. The summed E-state index contributed by atoms with van der Waals surface area (Å²) in [5.41, 5.74) is 0.967. The molecule has 0 aromatic carbocycles. The average Bonchev–Trinajstić information content (AvgIpc) is 3.00. The Morgan fingerprint density at radius 3 is 2.34 bits per heavy atom. The molecule has 0 saturated heterocycles. The van der Waals surface area contributed by atoms with Gasteiger partial charge in [0, 0.05) is 17.4 Å². The van der Waals surface area contributed by atoms with Gasteiger partial charge in [0.1, 0.15) is 6.29 Å². The molecule has 3 saturated carbocycles. The van der Waals surface area contributed by atoms with Crippen molar-refractivity contribution in [3.63, 3.8) is 0 Å². The highest BCUT2D eigenvalue weighted by molar-refractivity contribution is 6.01. The minimum absolute atomic E-state index is 0.0681. The summed E-state index contributed by atoms with van der Waals surface area (Å²) in [6.45, 7) is 9.90. The number of rotatable bonds is 5. The summed E-state index contributed by atoms with van der Waals surface area (Å²) < 4.78 is 0. The average molecular weight is 441 g/mol. The van der Waals surface area contributed by atoms with Crippen LogP contribution in [-0.2, 0) is 14.4 Å². The van der Waals surface area contributed by atoms with Crippen molar-refractivity contribution in [2.75, 3.05) is 0 Å². The molecule has 0 aromatic heterocycles. The first-order chi connectivity index (χ1) is 14.9. The van der Waals surface area contributed by atoms with Gasteiger partial charge in [-0.05, 0) is 75.4 Å². The van der Waals surface area contributed by atoms with Crippen molar-refractivity contribution in [3.05, 3.63) is 47.1 Å². The maximum Gasteiger partial charge on any atom is 0.312 e. The lowest BCUT2D eigenvalue weighted by molar-refractivity contribution is -0.194. The van der Waals surface area contributed by atoms with E-state index in [2.05, 4.69) is 13.8 Å². The number of Topliss-reactive ketones (excluding diaryl/α,β-unsaturated/α-hetero) is 1. The summed E-state index contributed by atoms with van der Waals surface area (Å²) in [5.74, 6) is -0.869. The highest BCUT2D eigenvalue weighted by Gasteiger charge is 2.67. The normalized spacial score (nSPS) is 41.6. The van der Waals surface area contributed by atoms with Crippen molar-refractivity contribution in [2.24, 2.45) is 28.1 Å². The Morgan fingerprint density at radius 1 is 1.03 bits per heavy atom. The van der Waals surface area contributed by atoms with Gasteiger partial charge in [0.15, 0.2) is 5.78 Å².